The molecular formula is C66H128O17P2. The molecule has 0 aromatic rings. The molecule has 0 saturated heterocycles. The Hall–Kier alpha value is -1.94. The topological polar surface area (TPSA) is 237 Å². The Morgan fingerprint density at radius 3 is 0.894 bits per heavy atom. The van der Waals surface area contributed by atoms with E-state index < -0.39 is 97.5 Å². The summed E-state index contributed by atoms with van der Waals surface area (Å²) in [5.41, 5.74) is 0. The van der Waals surface area contributed by atoms with Gasteiger partial charge < -0.3 is 33.8 Å². The van der Waals surface area contributed by atoms with Crippen LogP contribution in [-0.4, -0.2) is 96.7 Å². The van der Waals surface area contributed by atoms with Gasteiger partial charge in [-0.15, -0.1) is 0 Å². The first-order valence-corrected chi connectivity index (χ1v) is 37.5. The lowest BCUT2D eigenvalue weighted by Crippen LogP contribution is -2.30. The summed E-state index contributed by atoms with van der Waals surface area (Å²) in [6.45, 7) is 9.37. The van der Waals surface area contributed by atoms with Crippen molar-refractivity contribution in [2.75, 3.05) is 39.6 Å². The van der Waals surface area contributed by atoms with Crippen molar-refractivity contribution in [3.8, 4) is 0 Å². The number of phosphoric acid groups is 2. The first-order chi connectivity index (χ1) is 40.9. The molecule has 0 aliphatic carbocycles. The number of rotatable bonds is 65. The summed E-state index contributed by atoms with van der Waals surface area (Å²) in [6, 6.07) is 0. The summed E-state index contributed by atoms with van der Waals surface area (Å²) >= 11 is 0. The molecule has 0 bridgehead atoms. The van der Waals surface area contributed by atoms with E-state index in [-0.39, 0.29) is 25.7 Å². The summed E-state index contributed by atoms with van der Waals surface area (Å²) in [7, 11) is -9.89. The summed E-state index contributed by atoms with van der Waals surface area (Å²) in [5, 5.41) is 10.5. The van der Waals surface area contributed by atoms with E-state index in [1.54, 1.807) is 0 Å². The van der Waals surface area contributed by atoms with E-state index in [0.29, 0.717) is 31.6 Å². The van der Waals surface area contributed by atoms with Gasteiger partial charge in [-0.3, -0.25) is 37.3 Å². The maximum absolute atomic E-state index is 13.0. The average Bonchev–Trinajstić information content (AvgIpc) is 3.59. The van der Waals surface area contributed by atoms with Crippen molar-refractivity contribution in [1.29, 1.82) is 0 Å². The molecule has 0 aliphatic rings. The third-order valence-corrected chi connectivity index (χ3v) is 17.5. The van der Waals surface area contributed by atoms with Crippen molar-refractivity contribution in [2.45, 2.75) is 349 Å². The Kier molecular flexibility index (Phi) is 57.1. The van der Waals surface area contributed by atoms with Crippen molar-refractivity contribution >= 4 is 39.5 Å². The highest BCUT2D eigenvalue weighted by Gasteiger charge is 2.30. The van der Waals surface area contributed by atoms with Crippen LogP contribution >= 0.6 is 15.6 Å². The highest BCUT2D eigenvalue weighted by Crippen LogP contribution is 2.45. The van der Waals surface area contributed by atoms with Gasteiger partial charge in [0.1, 0.15) is 19.3 Å². The number of aliphatic hydroxyl groups excluding tert-OH is 1. The molecule has 0 spiro atoms. The number of phosphoric ester groups is 2. The second-order valence-corrected chi connectivity index (χ2v) is 27.5. The van der Waals surface area contributed by atoms with Gasteiger partial charge in [0.25, 0.3) is 0 Å². The number of hydrogen-bond acceptors (Lipinski definition) is 15. The Labute approximate surface area is 517 Å². The predicted molar refractivity (Wildman–Crippen MR) is 340 cm³/mol. The minimum Gasteiger partial charge on any atom is -0.462 e. The molecule has 0 fully saturated rings. The number of unbranched alkanes of at least 4 members (excludes halogenated alkanes) is 34. The van der Waals surface area contributed by atoms with Gasteiger partial charge in [0.2, 0.25) is 0 Å². The first kappa shape index (κ1) is 83.1. The van der Waals surface area contributed by atoms with Crippen LogP contribution in [0, 0.1) is 11.8 Å². The van der Waals surface area contributed by atoms with Crippen LogP contribution in [0.1, 0.15) is 330 Å². The second kappa shape index (κ2) is 58.4. The van der Waals surface area contributed by atoms with E-state index in [0.717, 1.165) is 102 Å². The minimum absolute atomic E-state index is 0.102. The van der Waals surface area contributed by atoms with Gasteiger partial charge in [0, 0.05) is 25.7 Å². The monoisotopic (exact) mass is 1250 g/mol. The molecule has 0 heterocycles. The number of ether oxygens (including phenoxy) is 4. The van der Waals surface area contributed by atoms with Crippen LogP contribution in [0.3, 0.4) is 0 Å². The lowest BCUT2D eigenvalue weighted by molar-refractivity contribution is -0.161. The lowest BCUT2D eigenvalue weighted by atomic mass is 10.00. The molecule has 17 nitrogen and oxygen atoms in total. The van der Waals surface area contributed by atoms with Crippen molar-refractivity contribution in [3.05, 3.63) is 0 Å². The molecule has 19 heteroatoms. The number of carbonyl (C=O) groups excluding carboxylic acids is 4. The highest BCUT2D eigenvalue weighted by atomic mass is 31.2. The van der Waals surface area contributed by atoms with Gasteiger partial charge in [-0.1, -0.05) is 279 Å². The molecule has 85 heavy (non-hydrogen) atoms. The molecule has 0 aromatic heterocycles. The van der Waals surface area contributed by atoms with E-state index in [1.807, 2.05) is 0 Å². The number of esters is 4. The minimum atomic E-state index is -4.95. The Morgan fingerprint density at radius 2 is 0.600 bits per heavy atom. The maximum Gasteiger partial charge on any atom is 0.472 e. The van der Waals surface area contributed by atoms with Crippen LogP contribution in [0.4, 0.5) is 0 Å². The van der Waals surface area contributed by atoms with Crippen molar-refractivity contribution in [3.63, 3.8) is 0 Å². The molecule has 0 saturated carbocycles. The smallest absolute Gasteiger partial charge is 0.462 e. The van der Waals surface area contributed by atoms with E-state index in [2.05, 4.69) is 41.5 Å². The van der Waals surface area contributed by atoms with Gasteiger partial charge in [0.15, 0.2) is 12.2 Å². The molecule has 0 radical (unpaired) electrons. The third kappa shape index (κ3) is 59.5. The number of aliphatic hydroxyl groups is 1. The van der Waals surface area contributed by atoms with E-state index in [4.69, 9.17) is 37.0 Å². The molecule has 6 atom stereocenters. The molecule has 3 unspecified atom stereocenters. The van der Waals surface area contributed by atoms with E-state index >= 15 is 0 Å². The van der Waals surface area contributed by atoms with Crippen LogP contribution < -0.4 is 0 Å². The summed E-state index contributed by atoms with van der Waals surface area (Å²) in [6.07, 6.45) is 41.9. The van der Waals surface area contributed by atoms with Crippen LogP contribution in [0.15, 0.2) is 0 Å². The second-order valence-electron chi connectivity index (χ2n) is 24.6. The van der Waals surface area contributed by atoms with Gasteiger partial charge in [0.05, 0.1) is 26.4 Å². The van der Waals surface area contributed by atoms with Crippen LogP contribution in [-0.2, 0) is 65.4 Å². The summed E-state index contributed by atoms with van der Waals surface area (Å²) in [4.78, 5) is 72.2. The fraction of sp³-hybridized carbons (Fsp3) is 0.939. The fourth-order valence-corrected chi connectivity index (χ4v) is 11.4. The average molecular weight is 1260 g/mol. The van der Waals surface area contributed by atoms with Gasteiger partial charge >= 0.3 is 39.5 Å². The first-order valence-electron chi connectivity index (χ1n) is 34.5. The van der Waals surface area contributed by atoms with Crippen LogP contribution in [0.25, 0.3) is 0 Å². The largest absolute Gasteiger partial charge is 0.472 e. The predicted octanol–water partition coefficient (Wildman–Crippen LogP) is 18.4. The normalized spacial score (nSPS) is 14.6. The fourth-order valence-electron chi connectivity index (χ4n) is 9.85. The van der Waals surface area contributed by atoms with Crippen LogP contribution in [0.2, 0.25) is 0 Å². The Morgan fingerprint density at radius 1 is 0.341 bits per heavy atom. The molecule has 0 aliphatic heterocycles. The van der Waals surface area contributed by atoms with Crippen molar-refractivity contribution < 1.29 is 80.2 Å². The molecule has 3 N–H and O–H groups in total. The molecule has 0 amide bonds. The van der Waals surface area contributed by atoms with E-state index in [1.165, 1.54) is 141 Å². The van der Waals surface area contributed by atoms with Gasteiger partial charge in [-0.05, 0) is 37.5 Å². The highest BCUT2D eigenvalue weighted by molar-refractivity contribution is 7.47. The molecule has 0 rings (SSSR count). The SMILES string of the molecule is CCCCCCCCCCCCCCCCCCCC(=O)O[C@H](COC(=O)CCCCCCCCC(C)CC)COP(=O)(O)OC[C@@H](O)COP(=O)(O)OC[C@@H](COC(=O)CCCCCCCCCCC)OC(=O)CCCCCCCCC(C)C. The van der Waals surface area contributed by atoms with Crippen LogP contribution in [0.5, 0.6) is 0 Å². The molecule has 0 aromatic carbocycles. The van der Waals surface area contributed by atoms with Crippen molar-refractivity contribution in [1.82, 2.24) is 0 Å². The third-order valence-electron chi connectivity index (χ3n) is 15.6. The molecule has 504 valence electrons. The zero-order chi connectivity index (χ0) is 62.9. The zero-order valence-corrected chi connectivity index (χ0v) is 56.7. The standard InChI is InChI=1S/C66H128O17P2/c1-7-10-12-14-16-18-19-20-21-22-23-24-25-27-29-38-44-50-65(70)82-61(55-77-64(69)49-43-37-33-31-35-41-47-59(6)9-3)56-80-84(72,73)78-52-60(67)53-79-85(74,75)81-57-62(83-66(71)51-45-39-32-30-34-40-46-58(4)5)54-76-63(68)48-42-36-28-26-17-15-13-11-8-2/h58-62,67H,7-57H2,1-6H3,(H,72,73)(H,74,75)/t59?,60-,61-,62-/m1/s1. The van der Waals surface area contributed by atoms with Gasteiger partial charge in [-0.2, -0.15) is 0 Å². The maximum atomic E-state index is 13.0. The molecular weight excluding hydrogens is 1130 g/mol. The number of carbonyl (C=O) groups is 4. The summed E-state index contributed by atoms with van der Waals surface area (Å²) in [5.74, 6) is -0.736. The van der Waals surface area contributed by atoms with Crippen molar-refractivity contribution in [2.24, 2.45) is 11.8 Å². The number of hydrogen-bond donors (Lipinski definition) is 3. The quantitative estimate of drug-likeness (QED) is 0.0222. The Bertz CT molecular complexity index is 1670. The lowest BCUT2D eigenvalue weighted by Gasteiger charge is -2.21. The van der Waals surface area contributed by atoms with Gasteiger partial charge in [-0.25, -0.2) is 9.13 Å². The summed E-state index contributed by atoms with van der Waals surface area (Å²) < 4.78 is 68.0. The van der Waals surface area contributed by atoms with E-state index in [9.17, 15) is 43.2 Å². The Balaban J connectivity index is 5.20. The zero-order valence-electron chi connectivity index (χ0n) is 54.9.